The van der Waals surface area contributed by atoms with Crippen LogP contribution >= 0.6 is 0 Å². The van der Waals surface area contributed by atoms with Gasteiger partial charge in [-0.1, -0.05) is 0 Å². The van der Waals surface area contributed by atoms with Gasteiger partial charge in [0.2, 0.25) is 5.91 Å². The van der Waals surface area contributed by atoms with E-state index in [2.05, 4.69) is 20.9 Å². The third-order valence-electron chi connectivity index (χ3n) is 5.31. The van der Waals surface area contributed by atoms with Crippen molar-refractivity contribution in [2.24, 2.45) is 5.92 Å². The fourth-order valence-electron chi connectivity index (χ4n) is 4.11. The van der Waals surface area contributed by atoms with E-state index >= 15 is 0 Å². The number of nitrogens with one attached hydrogen (secondary N) is 3. The Hall–Kier alpha value is -1.77. The number of hydrogen-bond acceptors (Lipinski definition) is 5. The van der Waals surface area contributed by atoms with Gasteiger partial charge in [0.15, 0.2) is 0 Å². The van der Waals surface area contributed by atoms with Gasteiger partial charge in [-0.05, 0) is 49.6 Å². The minimum absolute atomic E-state index is 0.0344. The summed E-state index contributed by atoms with van der Waals surface area (Å²) in [5.74, 6) is 0.389. The summed E-state index contributed by atoms with van der Waals surface area (Å²) in [6.45, 7) is -0.438. The van der Waals surface area contributed by atoms with Crippen LogP contribution < -0.4 is 25.8 Å². The van der Waals surface area contributed by atoms with Crippen molar-refractivity contribution < 1.29 is 18.3 Å². The highest BCUT2D eigenvalue weighted by atomic mass is 19.3. The zero-order valence-corrected chi connectivity index (χ0v) is 13.8. The van der Waals surface area contributed by atoms with Gasteiger partial charge in [0.05, 0.1) is 0 Å². The molecule has 0 saturated carbocycles. The molecule has 3 aliphatic heterocycles. The number of hydrazine groups is 1. The van der Waals surface area contributed by atoms with Crippen LogP contribution in [0.2, 0.25) is 0 Å². The Morgan fingerprint density at radius 3 is 3.04 bits per heavy atom. The number of aryl methyl sites for hydroxylation is 1. The van der Waals surface area contributed by atoms with Gasteiger partial charge in [-0.25, -0.2) is 5.43 Å². The topological polar surface area (TPSA) is 65.6 Å². The van der Waals surface area contributed by atoms with Gasteiger partial charge in [-0.2, -0.15) is 8.78 Å². The molecule has 3 atom stereocenters. The van der Waals surface area contributed by atoms with Crippen LogP contribution in [-0.4, -0.2) is 44.2 Å². The van der Waals surface area contributed by atoms with Crippen LogP contribution in [0.4, 0.5) is 14.5 Å². The lowest BCUT2D eigenvalue weighted by Gasteiger charge is -2.34. The molecule has 0 radical (unpaired) electrons. The number of piperidine rings is 1. The summed E-state index contributed by atoms with van der Waals surface area (Å²) < 4.78 is 29.3. The second kappa shape index (κ2) is 6.86. The van der Waals surface area contributed by atoms with E-state index in [4.69, 9.17) is 0 Å². The van der Waals surface area contributed by atoms with Crippen LogP contribution in [0.3, 0.4) is 0 Å². The summed E-state index contributed by atoms with van der Waals surface area (Å²) in [7, 11) is 0. The number of hydrogen-bond donors (Lipinski definition) is 3. The van der Waals surface area contributed by atoms with Gasteiger partial charge in [0.25, 0.3) is 0 Å². The smallest absolute Gasteiger partial charge is 0.387 e. The first-order valence-corrected chi connectivity index (χ1v) is 8.74. The molecule has 3 heterocycles. The Bertz CT molecular complexity index is 658. The van der Waals surface area contributed by atoms with Crippen LogP contribution in [0.5, 0.6) is 5.75 Å². The molecule has 3 N–H and O–H groups in total. The van der Waals surface area contributed by atoms with Gasteiger partial charge in [-0.15, -0.1) is 0 Å². The van der Waals surface area contributed by atoms with Crippen molar-refractivity contribution >= 4 is 11.6 Å². The second-order valence-electron chi connectivity index (χ2n) is 6.79. The number of fused-ring (bicyclic) bond motifs is 2. The largest absolute Gasteiger partial charge is 0.435 e. The lowest BCUT2D eigenvalue weighted by atomic mass is 9.88. The molecule has 25 heavy (non-hydrogen) atoms. The molecule has 0 aromatic heterocycles. The number of carbonyl (C=O) groups is 1. The van der Waals surface area contributed by atoms with E-state index in [1.807, 2.05) is 0 Å². The number of benzene rings is 1. The number of nitrogens with zero attached hydrogens (tertiary/aromatic N) is 1. The van der Waals surface area contributed by atoms with Gasteiger partial charge in [0, 0.05) is 30.7 Å². The Morgan fingerprint density at radius 2 is 2.20 bits per heavy atom. The van der Waals surface area contributed by atoms with Crippen LogP contribution in [-0.2, 0) is 11.2 Å². The predicted molar refractivity (Wildman–Crippen MR) is 88.6 cm³/mol. The fourth-order valence-corrected chi connectivity index (χ4v) is 4.11. The summed E-state index contributed by atoms with van der Waals surface area (Å²) in [5, 5.41) is 3.35. The first-order chi connectivity index (χ1) is 12.1. The van der Waals surface area contributed by atoms with Crippen LogP contribution in [0.1, 0.15) is 18.4 Å². The van der Waals surface area contributed by atoms with Crippen LogP contribution in [0, 0.1) is 5.92 Å². The maximum Gasteiger partial charge on any atom is 0.387 e. The number of ether oxygens (including phenoxy) is 1. The summed E-state index contributed by atoms with van der Waals surface area (Å²) in [6, 6.07) is 4.86. The molecule has 3 unspecified atom stereocenters. The number of anilines is 1. The summed E-state index contributed by atoms with van der Waals surface area (Å²) in [6.07, 6.45) is 2.55. The number of halogens is 2. The molecule has 1 aromatic carbocycles. The molecule has 6 nitrogen and oxygen atoms in total. The summed E-state index contributed by atoms with van der Waals surface area (Å²) in [5.41, 5.74) is 8.08. The average molecular weight is 352 g/mol. The van der Waals surface area contributed by atoms with E-state index in [-0.39, 0.29) is 23.6 Å². The van der Waals surface area contributed by atoms with E-state index in [1.54, 1.807) is 17.0 Å². The quantitative estimate of drug-likeness (QED) is 0.758. The summed E-state index contributed by atoms with van der Waals surface area (Å²) in [4.78, 5) is 14.9. The predicted octanol–water partition coefficient (Wildman–Crippen LogP) is 1.02. The van der Waals surface area contributed by atoms with Crippen molar-refractivity contribution in [3.63, 3.8) is 0 Å². The van der Waals surface area contributed by atoms with Gasteiger partial charge >= 0.3 is 6.61 Å². The molecule has 2 saturated heterocycles. The van der Waals surface area contributed by atoms with E-state index < -0.39 is 6.61 Å². The van der Waals surface area contributed by atoms with Crippen LogP contribution in [0.15, 0.2) is 18.2 Å². The lowest BCUT2D eigenvalue weighted by molar-refractivity contribution is -0.121. The first-order valence-electron chi connectivity index (χ1n) is 8.74. The zero-order chi connectivity index (χ0) is 17.4. The Kier molecular flexibility index (Phi) is 4.58. The van der Waals surface area contributed by atoms with Gasteiger partial charge < -0.3 is 15.0 Å². The minimum atomic E-state index is -2.84. The van der Waals surface area contributed by atoms with E-state index in [0.29, 0.717) is 12.6 Å². The third-order valence-corrected chi connectivity index (χ3v) is 5.31. The molecule has 0 spiro atoms. The molecule has 136 valence electrons. The van der Waals surface area contributed by atoms with Gasteiger partial charge in [-0.3, -0.25) is 10.2 Å². The average Bonchev–Trinajstić information content (AvgIpc) is 3.04. The Morgan fingerprint density at radius 1 is 1.32 bits per heavy atom. The monoisotopic (exact) mass is 352 g/mol. The Labute approximate surface area is 144 Å². The van der Waals surface area contributed by atoms with Crippen molar-refractivity contribution in [3.05, 3.63) is 23.8 Å². The third kappa shape index (κ3) is 3.21. The highest BCUT2D eigenvalue weighted by Crippen LogP contribution is 2.33. The van der Waals surface area contributed by atoms with Gasteiger partial charge in [0.1, 0.15) is 11.8 Å². The fraction of sp³-hybridized carbons (Fsp3) is 0.588. The molecular weight excluding hydrogens is 330 g/mol. The van der Waals surface area contributed by atoms with Crippen molar-refractivity contribution in [1.82, 2.24) is 16.2 Å². The maximum atomic E-state index is 13.1. The van der Waals surface area contributed by atoms with E-state index in [9.17, 15) is 13.6 Å². The molecule has 0 aliphatic carbocycles. The SMILES string of the molecule is O=C(C1NNC2CCNCC21)N1CCCc2cc(OC(F)F)ccc21. The molecule has 1 amide bonds. The molecule has 1 aromatic rings. The number of rotatable bonds is 3. The molecule has 2 fully saturated rings. The highest BCUT2D eigenvalue weighted by Gasteiger charge is 2.43. The van der Waals surface area contributed by atoms with Crippen molar-refractivity contribution in [2.75, 3.05) is 24.5 Å². The number of amides is 1. The standard InChI is InChI=1S/C17H22F2N4O2/c18-17(19)25-11-3-4-14-10(8-11)2-1-7-23(14)16(24)15-12-9-20-6-5-13(12)21-22-15/h3-4,8,12-13,15,17,20-22H,1-2,5-7,9H2. The highest BCUT2D eigenvalue weighted by molar-refractivity contribution is 5.98. The minimum Gasteiger partial charge on any atom is -0.435 e. The normalized spacial score (nSPS) is 28.6. The second-order valence-corrected chi connectivity index (χ2v) is 6.79. The van der Waals surface area contributed by atoms with Crippen molar-refractivity contribution in [3.8, 4) is 5.75 Å². The molecule has 4 rings (SSSR count). The molecule has 3 aliphatic rings. The first kappa shape index (κ1) is 16.7. The number of alkyl halides is 2. The molecular formula is C17H22F2N4O2. The lowest BCUT2D eigenvalue weighted by Crippen LogP contribution is -2.51. The zero-order valence-electron chi connectivity index (χ0n) is 13.8. The van der Waals surface area contributed by atoms with E-state index in [0.717, 1.165) is 43.6 Å². The van der Waals surface area contributed by atoms with Crippen LogP contribution in [0.25, 0.3) is 0 Å². The van der Waals surface area contributed by atoms with Crippen molar-refractivity contribution in [1.29, 1.82) is 0 Å². The Balaban J connectivity index is 1.55. The van der Waals surface area contributed by atoms with Crippen molar-refractivity contribution in [2.45, 2.75) is 38.0 Å². The maximum absolute atomic E-state index is 13.1. The van der Waals surface area contributed by atoms with E-state index in [1.165, 1.54) is 6.07 Å². The number of carbonyl (C=O) groups excluding carboxylic acids is 1. The molecule has 0 bridgehead atoms. The summed E-state index contributed by atoms with van der Waals surface area (Å²) >= 11 is 0. The molecule has 8 heteroatoms.